The molecule has 2 amide bonds. The summed E-state index contributed by atoms with van der Waals surface area (Å²) in [5.74, 6) is 2.63. The molecule has 0 spiro atoms. The molecule has 0 saturated heterocycles. The van der Waals surface area contributed by atoms with E-state index in [0.29, 0.717) is 5.95 Å². The maximum Gasteiger partial charge on any atom is 0.256 e. The van der Waals surface area contributed by atoms with E-state index in [2.05, 4.69) is 35.1 Å². The second-order valence-corrected chi connectivity index (χ2v) is 14.0. The van der Waals surface area contributed by atoms with Crippen molar-refractivity contribution in [2.75, 3.05) is 9.80 Å². The zero-order valence-electron chi connectivity index (χ0n) is 30.2. The zero-order valence-corrected chi connectivity index (χ0v) is 30.2. The Labute approximate surface area is 296 Å². The van der Waals surface area contributed by atoms with Crippen LogP contribution in [0.3, 0.4) is 0 Å². The van der Waals surface area contributed by atoms with Gasteiger partial charge in [0.15, 0.2) is 0 Å². The van der Waals surface area contributed by atoms with Crippen molar-refractivity contribution in [3.05, 3.63) is 102 Å². The molecular weight excluding hydrogens is 642 g/mol. The number of nitrogens with zero attached hydrogens (tertiary/aromatic N) is 11. The van der Waals surface area contributed by atoms with E-state index >= 15 is 0 Å². The van der Waals surface area contributed by atoms with Crippen molar-refractivity contribution >= 4 is 34.8 Å². The third-order valence-corrected chi connectivity index (χ3v) is 9.65. The van der Waals surface area contributed by atoms with Crippen molar-refractivity contribution in [3.63, 3.8) is 0 Å². The van der Waals surface area contributed by atoms with Crippen molar-refractivity contribution < 1.29 is 9.59 Å². The van der Waals surface area contributed by atoms with Gasteiger partial charge in [0.25, 0.3) is 5.95 Å². The topological polar surface area (TPSA) is 141 Å². The highest BCUT2D eigenvalue weighted by Gasteiger charge is 2.47. The van der Waals surface area contributed by atoms with Crippen molar-refractivity contribution in [2.24, 2.45) is 14.1 Å². The highest BCUT2D eigenvalue weighted by atomic mass is 16.2. The van der Waals surface area contributed by atoms with E-state index < -0.39 is 10.8 Å². The Hall–Kier alpha value is -6.11. The predicted molar refractivity (Wildman–Crippen MR) is 194 cm³/mol. The van der Waals surface area contributed by atoms with Gasteiger partial charge in [0, 0.05) is 56.2 Å². The number of hydrogen-bond acceptors (Lipinski definition) is 9. The van der Waals surface area contributed by atoms with Crippen LogP contribution in [0.4, 0.5) is 23.0 Å². The first kappa shape index (κ1) is 33.4. The molecule has 0 saturated carbocycles. The minimum absolute atomic E-state index is 0.0320. The van der Waals surface area contributed by atoms with Crippen LogP contribution in [0.1, 0.15) is 56.3 Å². The first-order chi connectivity index (χ1) is 24.2. The summed E-state index contributed by atoms with van der Waals surface area (Å²) in [6.07, 6.45) is 10.8. The fourth-order valence-corrected chi connectivity index (χ4v) is 6.46. The molecule has 2 aliphatic rings. The van der Waals surface area contributed by atoms with Crippen LogP contribution in [0.2, 0.25) is 0 Å². The Morgan fingerprint density at radius 2 is 1.08 bits per heavy atom. The normalized spacial score (nSPS) is 15.5. The average molecular weight is 682 g/mol. The van der Waals surface area contributed by atoms with Crippen molar-refractivity contribution in [3.8, 4) is 22.3 Å². The molecule has 0 radical (unpaired) electrons. The Morgan fingerprint density at radius 3 is 1.51 bits per heavy atom. The van der Waals surface area contributed by atoms with E-state index in [1.807, 2.05) is 105 Å². The van der Waals surface area contributed by atoms with Crippen LogP contribution in [0.25, 0.3) is 22.3 Å². The average Bonchev–Trinajstić information content (AvgIpc) is 3.78. The SMILES string of the molecule is Cc1ncc(-c2ccc3c(c2)N(c2cnn(C)c2)C(=O)C3(C)C)cn1.Cc1ncc(-c2ccc3c(c2)N(c2nc(C)n(C)n2)C(=O)C3(C)C)cn1. The van der Waals surface area contributed by atoms with Crippen molar-refractivity contribution in [2.45, 2.75) is 59.3 Å². The van der Waals surface area contributed by atoms with Crippen LogP contribution < -0.4 is 9.80 Å². The molecule has 6 aromatic rings. The van der Waals surface area contributed by atoms with Crippen LogP contribution >= 0.6 is 0 Å². The standard InChI is InChI=1S/C19H20N6O.C19H19N5O/c1-11-20-9-14(10-21-11)13-6-7-15-16(8-13)25(17(26)19(15,3)4)18-22-12(2)24(5)23-18;1-12-20-8-14(9-21-12)13-5-6-16-17(7-13)24(18(25)19(16,2)3)15-10-22-23(4)11-15/h6-10H,1-5H3;5-11H,1-4H3. The highest BCUT2D eigenvalue weighted by Crippen LogP contribution is 2.47. The lowest BCUT2D eigenvalue weighted by atomic mass is 9.85. The quantitative estimate of drug-likeness (QED) is 0.220. The summed E-state index contributed by atoms with van der Waals surface area (Å²) in [7, 11) is 3.66. The second kappa shape index (κ2) is 12.0. The van der Waals surface area contributed by atoms with Gasteiger partial charge in [0.1, 0.15) is 17.5 Å². The maximum atomic E-state index is 13.1. The molecule has 258 valence electrons. The predicted octanol–water partition coefficient (Wildman–Crippen LogP) is 5.99. The molecule has 0 unspecified atom stereocenters. The van der Waals surface area contributed by atoms with Crippen LogP contribution in [-0.2, 0) is 34.5 Å². The number of aryl methyl sites for hydroxylation is 5. The van der Waals surface area contributed by atoms with Gasteiger partial charge in [-0.25, -0.2) is 24.8 Å². The summed E-state index contributed by atoms with van der Waals surface area (Å²) >= 11 is 0. The van der Waals surface area contributed by atoms with Crippen molar-refractivity contribution in [1.29, 1.82) is 0 Å². The molecule has 2 aromatic carbocycles. The Morgan fingerprint density at radius 1 is 0.608 bits per heavy atom. The smallest absolute Gasteiger partial charge is 0.256 e. The van der Waals surface area contributed by atoms with Crippen molar-refractivity contribution in [1.82, 2.24) is 44.5 Å². The first-order valence-electron chi connectivity index (χ1n) is 16.6. The fraction of sp³-hybridized carbons (Fsp3) is 0.289. The second-order valence-electron chi connectivity index (χ2n) is 14.0. The number of anilines is 4. The van der Waals surface area contributed by atoms with Gasteiger partial charge in [-0.15, -0.1) is 5.10 Å². The number of rotatable bonds is 4. The summed E-state index contributed by atoms with van der Waals surface area (Å²) in [4.78, 5) is 51.0. The summed E-state index contributed by atoms with van der Waals surface area (Å²) in [5, 5.41) is 8.62. The van der Waals surface area contributed by atoms with Gasteiger partial charge in [-0.1, -0.05) is 24.3 Å². The summed E-state index contributed by atoms with van der Waals surface area (Å²) in [6.45, 7) is 13.3. The molecule has 6 heterocycles. The number of benzene rings is 2. The minimum Gasteiger partial charge on any atom is -0.277 e. The van der Waals surface area contributed by atoms with E-state index in [1.165, 1.54) is 0 Å². The molecule has 0 aliphatic carbocycles. The molecule has 0 N–H and O–H groups in total. The van der Waals surface area contributed by atoms with Gasteiger partial charge in [-0.2, -0.15) is 10.1 Å². The number of hydrogen-bond donors (Lipinski definition) is 0. The molecule has 0 fully saturated rings. The summed E-state index contributed by atoms with van der Waals surface area (Å²) in [6, 6.07) is 12.1. The molecule has 0 atom stereocenters. The van der Waals surface area contributed by atoms with E-state index in [1.54, 1.807) is 50.1 Å². The van der Waals surface area contributed by atoms with Gasteiger partial charge in [-0.05, 0) is 82.9 Å². The molecular formula is C38H39N11O2. The zero-order chi connectivity index (χ0) is 36.4. The van der Waals surface area contributed by atoms with Crippen LogP contribution in [0.5, 0.6) is 0 Å². The number of carbonyl (C=O) groups excluding carboxylic acids is 2. The van der Waals surface area contributed by atoms with E-state index in [4.69, 9.17) is 0 Å². The summed E-state index contributed by atoms with van der Waals surface area (Å²) in [5.41, 5.74) is 7.00. The van der Waals surface area contributed by atoms with Crippen LogP contribution in [-0.4, -0.2) is 56.3 Å². The van der Waals surface area contributed by atoms with Crippen LogP contribution in [0, 0.1) is 20.8 Å². The molecule has 13 heteroatoms. The third-order valence-electron chi connectivity index (χ3n) is 9.65. The minimum atomic E-state index is -0.634. The molecule has 8 rings (SSSR count). The van der Waals surface area contributed by atoms with Crippen LogP contribution in [0.15, 0.2) is 73.6 Å². The summed E-state index contributed by atoms with van der Waals surface area (Å²) < 4.78 is 3.37. The van der Waals surface area contributed by atoms with E-state index in [9.17, 15) is 9.59 Å². The van der Waals surface area contributed by atoms with Gasteiger partial charge in [0.2, 0.25) is 11.8 Å². The van der Waals surface area contributed by atoms with E-state index in [0.717, 1.165) is 67.9 Å². The third kappa shape index (κ3) is 5.64. The highest BCUT2D eigenvalue weighted by molar-refractivity contribution is 6.13. The lowest BCUT2D eigenvalue weighted by molar-refractivity contribution is -0.122. The molecule has 0 bridgehead atoms. The monoisotopic (exact) mass is 681 g/mol. The lowest BCUT2D eigenvalue weighted by Crippen LogP contribution is -2.33. The van der Waals surface area contributed by atoms with E-state index in [-0.39, 0.29) is 11.8 Å². The van der Waals surface area contributed by atoms with Gasteiger partial charge < -0.3 is 0 Å². The molecule has 13 nitrogen and oxygen atoms in total. The largest absolute Gasteiger partial charge is 0.277 e. The number of fused-ring (bicyclic) bond motifs is 2. The molecule has 2 aliphatic heterocycles. The lowest BCUT2D eigenvalue weighted by Gasteiger charge is -2.18. The Balaban J connectivity index is 0.000000159. The Kier molecular flexibility index (Phi) is 7.88. The number of aromatic nitrogens is 9. The fourth-order valence-electron chi connectivity index (χ4n) is 6.46. The van der Waals surface area contributed by atoms with Gasteiger partial charge in [0.05, 0.1) is 34.1 Å². The van der Waals surface area contributed by atoms with Gasteiger partial charge >= 0.3 is 0 Å². The van der Waals surface area contributed by atoms with Gasteiger partial charge in [-0.3, -0.25) is 23.9 Å². The first-order valence-corrected chi connectivity index (χ1v) is 16.6. The number of amides is 2. The maximum absolute atomic E-state index is 13.1. The molecule has 4 aromatic heterocycles. The molecule has 51 heavy (non-hydrogen) atoms. The number of carbonyl (C=O) groups is 2. The Bertz CT molecular complexity index is 2300.